The highest BCUT2D eigenvalue weighted by molar-refractivity contribution is 6.31. The Hall–Kier alpha value is -4.01. The van der Waals surface area contributed by atoms with Gasteiger partial charge in [-0.25, -0.2) is 0 Å². The number of ether oxygens (including phenoxy) is 3. The minimum absolute atomic E-state index is 0.00409. The summed E-state index contributed by atoms with van der Waals surface area (Å²) in [5.41, 5.74) is -4.15. The van der Waals surface area contributed by atoms with Gasteiger partial charge in [0.2, 0.25) is 5.78 Å². The average Bonchev–Trinajstić information content (AvgIpc) is 3.04. The summed E-state index contributed by atoms with van der Waals surface area (Å²) in [5.74, 6) is -4.93. The van der Waals surface area contributed by atoms with E-state index in [1.54, 1.807) is 6.92 Å². The fraction of sp³-hybridized carbons (Fsp3) is 0.541. The molecule has 1 saturated heterocycles. The number of ketones is 5. The van der Waals surface area contributed by atoms with Crippen LogP contribution in [0.3, 0.4) is 0 Å². The first kappa shape index (κ1) is 37.3. The molecule has 3 aliphatic rings. The lowest BCUT2D eigenvalue weighted by atomic mass is 9.72. The number of aliphatic hydroxyl groups excluding tert-OH is 2. The number of benzene rings is 2. The molecule has 50 heavy (non-hydrogen) atoms. The molecule has 13 heteroatoms. The highest BCUT2D eigenvalue weighted by Crippen LogP contribution is 2.52. The zero-order valence-electron chi connectivity index (χ0n) is 28.8. The van der Waals surface area contributed by atoms with Crippen molar-refractivity contribution in [2.75, 3.05) is 13.7 Å². The van der Waals surface area contributed by atoms with Crippen LogP contribution in [0, 0.1) is 11.3 Å². The second kappa shape index (κ2) is 14.0. The number of fused-ring (bicyclic) bond motifs is 3. The smallest absolute Gasteiger partial charge is 0.202 e. The van der Waals surface area contributed by atoms with Crippen molar-refractivity contribution < 1.29 is 63.7 Å². The second-order valence-electron chi connectivity index (χ2n) is 14.8. The fourth-order valence-electron chi connectivity index (χ4n) is 7.37. The van der Waals surface area contributed by atoms with E-state index >= 15 is 0 Å². The van der Waals surface area contributed by atoms with Crippen LogP contribution in [0.4, 0.5) is 0 Å². The summed E-state index contributed by atoms with van der Waals surface area (Å²) < 4.78 is 17.5. The molecule has 1 aliphatic heterocycles. The normalized spacial score (nSPS) is 26.1. The second-order valence-corrected chi connectivity index (χ2v) is 14.8. The van der Waals surface area contributed by atoms with E-state index < -0.39 is 95.5 Å². The molecule has 5 rings (SSSR count). The number of carbonyl (C=O) groups is 5. The van der Waals surface area contributed by atoms with Gasteiger partial charge in [0, 0.05) is 61.6 Å². The molecule has 0 saturated carbocycles. The molecule has 0 aromatic heterocycles. The number of phenols is 2. The number of phenolic OH excluding ortho intramolecular Hbond substituents is 2. The first-order valence-electron chi connectivity index (χ1n) is 16.7. The third-order valence-corrected chi connectivity index (χ3v) is 9.78. The molecule has 0 bridgehead atoms. The van der Waals surface area contributed by atoms with E-state index in [1.807, 2.05) is 20.8 Å². The Morgan fingerprint density at radius 2 is 1.66 bits per heavy atom. The first-order chi connectivity index (χ1) is 23.4. The Bertz CT molecular complexity index is 1740. The van der Waals surface area contributed by atoms with Gasteiger partial charge in [-0.2, -0.15) is 0 Å². The number of methoxy groups -OCH3 is 1. The standard InChI is InChI=1S/C37H44O13/c1-17-31(42)18(11-19(39)9-10-20(40)13-36(2,3)4)12-26(49-17)50-24-15-37(47,25(41)16-38)14-22-28(24)35(46)30-29(33(22)44)32(43)21-7-6-8-23(48-5)27(21)34(30)45/h6-8,17-18,24,26,31,38,42,44,46-47H,9-16H2,1-5H3/t17-,18-,24-,26-,31+,37-/m0/s1. The van der Waals surface area contributed by atoms with E-state index in [-0.39, 0.29) is 70.7 Å². The Labute approximate surface area is 289 Å². The van der Waals surface area contributed by atoms with E-state index in [9.17, 15) is 49.5 Å². The Morgan fingerprint density at radius 3 is 2.30 bits per heavy atom. The van der Waals surface area contributed by atoms with Gasteiger partial charge in [0.1, 0.15) is 41.0 Å². The van der Waals surface area contributed by atoms with Crippen LogP contribution < -0.4 is 4.74 Å². The molecular formula is C37H44O13. The van der Waals surface area contributed by atoms with E-state index in [0.29, 0.717) is 6.42 Å². The van der Waals surface area contributed by atoms with E-state index in [1.165, 1.54) is 25.3 Å². The van der Waals surface area contributed by atoms with E-state index in [4.69, 9.17) is 14.2 Å². The molecule has 13 nitrogen and oxygen atoms in total. The van der Waals surface area contributed by atoms with Crippen molar-refractivity contribution >= 4 is 28.9 Å². The maximum atomic E-state index is 13.9. The van der Waals surface area contributed by atoms with Crippen LogP contribution in [0.5, 0.6) is 17.2 Å². The lowest BCUT2D eigenvalue weighted by molar-refractivity contribution is -0.257. The van der Waals surface area contributed by atoms with Crippen LogP contribution in [-0.4, -0.2) is 92.3 Å². The van der Waals surface area contributed by atoms with Gasteiger partial charge in [-0.05, 0) is 24.3 Å². The lowest BCUT2D eigenvalue weighted by Crippen LogP contribution is -2.49. The zero-order valence-corrected chi connectivity index (χ0v) is 28.8. The fourth-order valence-corrected chi connectivity index (χ4v) is 7.37. The van der Waals surface area contributed by atoms with Crippen LogP contribution in [0.1, 0.15) is 115 Å². The van der Waals surface area contributed by atoms with Crippen molar-refractivity contribution in [3.8, 4) is 17.2 Å². The van der Waals surface area contributed by atoms with Gasteiger partial charge in [0.05, 0.1) is 42.1 Å². The van der Waals surface area contributed by atoms with Gasteiger partial charge in [0.15, 0.2) is 17.9 Å². The van der Waals surface area contributed by atoms with Gasteiger partial charge < -0.3 is 39.7 Å². The number of hydrogen-bond donors (Lipinski definition) is 5. The van der Waals surface area contributed by atoms with Crippen LogP contribution in [0.25, 0.3) is 0 Å². The summed E-state index contributed by atoms with van der Waals surface area (Å²) in [6.07, 6.45) is -5.39. The minimum atomic E-state index is -2.32. The Morgan fingerprint density at radius 1 is 1.00 bits per heavy atom. The topological polar surface area (TPSA) is 214 Å². The molecular weight excluding hydrogens is 652 g/mol. The summed E-state index contributed by atoms with van der Waals surface area (Å²) in [4.78, 5) is 65.7. The number of aromatic hydroxyl groups is 2. The van der Waals surface area contributed by atoms with Crippen molar-refractivity contribution in [2.24, 2.45) is 11.3 Å². The molecule has 0 unspecified atom stereocenters. The highest BCUT2D eigenvalue weighted by Gasteiger charge is 2.50. The van der Waals surface area contributed by atoms with Crippen molar-refractivity contribution in [1.82, 2.24) is 0 Å². The van der Waals surface area contributed by atoms with Crippen LogP contribution >= 0.6 is 0 Å². The summed E-state index contributed by atoms with van der Waals surface area (Å²) in [7, 11) is 1.31. The Kier molecular flexibility index (Phi) is 10.4. The van der Waals surface area contributed by atoms with Crippen molar-refractivity contribution in [3.05, 3.63) is 51.6 Å². The summed E-state index contributed by atoms with van der Waals surface area (Å²) in [6.45, 7) is 6.30. The molecule has 6 atom stereocenters. The van der Waals surface area contributed by atoms with Gasteiger partial charge in [-0.3, -0.25) is 24.0 Å². The molecule has 0 spiro atoms. The van der Waals surface area contributed by atoms with Crippen LogP contribution in [0.15, 0.2) is 18.2 Å². The maximum absolute atomic E-state index is 13.9. The quantitative estimate of drug-likeness (QED) is 0.183. The van der Waals surface area contributed by atoms with Gasteiger partial charge in [-0.1, -0.05) is 32.9 Å². The molecule has 1 heterocycles. The highest BCUT2D eigenvalue weighted by atomic mass is 16.7. The molecule has 5 N–H and O–H groups in total. The van der Waals surface area contributed by atoms with Crippen molar-refractivity contribution in [1.29, 1.82) is 0 Å². The molecule has 2 aliphatic carbocycles. The maximum Gasteiger partial charge on any atom is 0.202 e. The summed E-state index contributed by atoms with van der Waals surface area (Å²) >= 11 is 0. The number of hydrogen-bond acceptors (Lipinski definition) is 13. The van der Waals surface area contributed by atoms with Gasteiger partial charge in [-0.15, -0.1) is 0 Å². The molecule has 0 amide bonds. The zero-order chi connectivity index (χ0) is 36.9. The lowest BCUT2D eigenvalue weighted by Gasteiger charge is -2.42. The molecule has 0 radical (unpaired) electrons. The van der Waals surface area contributed by atoms with Gasteiger partial charge in [0.25, 0.3) is 0 Å². The number of carbonyl (C=O) groups excluding carboxylic acids is 5. The predicted octanol–water partition coefficient (Wildman–Crippen LogP) is 3.03. The summed E-state index contributed by atoms with van der Waals surface area (Å²) in [5, 5.41) is 55.4. The third-order valence-electron chi connectivity index (χ3n) is 9.78. The Balaban J connectivity index is 1.48. The molecule has 2 aromatic rings. The largest absolute Gasteiger partial charge is 0.507 e. The van der Waals surface area contributed by atoms with Crippen LogP contribution in [-0.2, 0) is 30.3 Å². The van der Waals surface area contributed by atoms with Crippen LogP contribution in [0.2, 0.25) is 0 Å². The average molecular weight is 697 g/mol. The third kappa shape index (κ3) is 6.97. The van der Waals surface area contributed by atoms with Crippen molar-refractivity contribution in [2.45, 2.75) is 103 Å². The minimum Gasteiger partial charge on any atom is -0.507 e. The SMILES string of the molecule is COc1cccc2c1C(=O)c1c(O)c3c(c(O)c1C2=O)C[C@@](O)(C(=O)CO)C[C@@H]3O[C@H]1C[C@H](CC(=O)CCC(=O)CC(C)(C)C)[C@H](O)[C@H](C)O1. The van der Waals surface area contributed by atoms with E-state index in [0.717, 1.165) is 0 Å². The number of aliphatic hydroxyl groups is 3. The summed E-state index contributed by atoms with van der Waals surface area (Å²) in [6, 6.07) is 4.33. The van der Waals surface area contributed by atoms with E-state index in [2.05, 4.69) is 0 Å². The molecule has 270 valence electrons. The number of Topliss-reactive ketones (excluding diaryl/α,β-unsaturated/α-hetero) is 3. The molecule has 2 aromatic carbocycles. The predicted molar refractivity (Wildman–Crippen MR) is 175 cm³/mol. The van der Waals surface area contributed by atoms with Gasteiger partial charge >= 0.3 is 0 Å². The van der Waals surface area contributed by atoms with Crippen molar-refractivity contribution in [3.63, 3.8) is 0 Å². The monoisotopic (exact) mass is 696 g/mol. The number of rotatable bonds is 11. The molecule has 1 fully saturated rings. The first-order valence-corrected chi connectivity index (χ1v) is 16.7.